The van der Waals surface area contributed by atoms with Gasteiger partial charge in [0.25, 0.3) is 0 Å². The van der Waals surface area contributed by atoms with Crippen molar-refractivity contribution in [3.63, 3.8) is 0 Å². The van der Waals surface area contributed by atoms with Crippen molar-refractivity contribution in [3.8, 4) is 0 Å². The average molecular weight is 305 g/mol. The molecule has 22 heavy (non-hydrogen) atoms. The number of piperidine rings is 1. The summed E-state index contributed by atoms with van der Waals surface area (Å²) in [6.45, 7) is 1.27. The van der Waals surface area contributed by atoms with Crippen LogP contribution in [-0.2, 0) is 9.59 Å². The molecule has 1 atom stereocenters. The number of carbonyl (C=O) groups is 3. The number of nitrogens with two attached hydrogens (primary N) is 1. The van der Waals surface area contributed by atoms with E-state index in [0.29, 0.717) is 24.2 Å². The summed E-state index contributed by atoms with van der Waals surface area (Å²) in [6, 6.07) is 6.29. The van der Waals surface area contributed by atoms with E-state index in [1.54, 1.807) is 24.3 Å². The lowest BCUT2D eigenvalue weighted by molar-refractivity contribution is -0.144. The van der Waals surface area contributed by atoms with Crippen molar-refractivity contribution in [2.45, 2.75) is 12.8 Å². The lowest BCUT2D eigenvalue weighted by Gasteiger charge is -2.29. The molecule has 0 radical (unpaired) electrons. The Morgan fingerprint density at radius 2 is 1.95 bits per heavy atom. The summed E-state index contributed by atoms with van der Waals surface area (Å²) in [5, 5.41) is 11.8. The molecule has 1 fully saturated rings. The van der Waals surface area contributed by atoms with E-state index in [0.717, 1.165) is 13.0 Å². The molecule has 1 saturated heterocycles. The van der Waals surface area contributed by atoms with Crippen LogP contribution >= 0.6 is 0 Å². The first-order chi connectivity index (χ1) is 10.5. The highest BCUT2D eigenvalue weighted by atomic mass is 16.4. The first-order valence-corrected chi connectivity index (χ1v) is 7.10. The molecule has 7 nitrogen and oxygen atoms in total. The van der Waals surface area contributed by atoms with Gasteiger partial charge in [-0.3, -0.25) is 19.3 Å². The van der Waals surface area contributed by atoms with Gasteiger partial charge in [-0.05, 0) is 43.7 Å². The Hall–Kier alpha value is -2.41. The fraction of sp³-hybridized carbons (Fsp3) is 0.400. The topological polar surface area (TPSA) is 113 Å². The Bertz CT molecular complexity index is 571. The van der Waals surface area contributed by atoms with Crippen molar-refractivity contribution in [2.24, 2.45) is 11.7 Å². The van der Waals surface area contributed by atoms with Gasteiger partial charge >= 0.3 is 5.97 Å². The second-order valence-corrected chi connectivity index (χ2v) is 5.40. The van der Waals surface area contributed by atoms with Crippen LogP contribution in [0.2, 0.25) is 0 Å². The van der Waals surface area contributed by atoms with Crippen LogP contribution in [0.3, 0.4) is 0 Å². The van der Waals surface area contributed by atoms with Crippen LogP contribution in [0.4, 0.5) is 5.69 Å². The molecule has 1 aliphatic heterocycles. The predicted octanol–water partition coefficient (Wildman–Crippen LogP) is 0.521. The Labute approximate surface area is 128 Å². The summed E-state index contributed by atoms with van der Waals surface area (Å²) < 4.78 is 0. The highest BCUT2D eigenvalue weighted by Crippen LogP contribution is 2.16. The van der Waals surface area contributed by atoms with E-state index in [1.807, 2.05) is 4.90 Å². The molecule has 1 aromatic carbocycles. The van der Waals surface area contributed by atoms with Gasteiger partial charge in [-0.15, -0.1) is 0 Å². The normalized spacial score (nSPS) is 18.6. The van der Waals surface area contributed by atoms with Crippen molar-refractivity contribution in [2.75, 3.05) is 25.0 Å². The number of nitrogens with zero attached hydrogens (tertiary/aromatic N) is 1. The van der Waals surface area contributed by atoms with E-state index in [4.69, 9.17) is 10.8 Å². The molecule has 0 bridgehead atoms. The molecular formula is C15H19N3O4. The number of hydrogen-bond acceptors (Lipinski definition) is 4. The Kier molecular flexibility index (Phi) is 5.11. The Morgan fingerprint density at radius 1 is 1.27 bits per heavy atom. The minimum Gasteiger partial charge on any atom is -0.481 e. The number of aliphatic carboxylic acids is 1. The van der Waals surface area contributed by atoms with Crippen LogP contribution in [0.25, 0.3) is 0 Å². The molecule has 118 valence electrons. The number of anilines is 1. The van der Waals surface area contributed by atoms with E-state index in [-0.39, 0.29) is 12.5 Å². The lowest BCUT2D eigenvalue weighted by Crippen LogP contribution is -2.42. The standard InChI is InChI=1S/C15H19N3O4/c16-14(20)10-3-5-12(6-4-10)17-13(19)9-18-7-1-2-11(8-18)15(21)22/h3-6,11H,1-2,7-9H2,(H2,16,20)(H,17,19)(H,21,22). The summed E-state index contributed by atoms with van der Waals surface area (Å²) in [7, 11) is 0. The van der Waals surface area contributed by atoms with Gasteiger partial charge in [0.1, 0.15) is 0 Å². The number of likely N-dealkylation sites (tertiary alicyclic amines) is 1. The number of rotatable bonds is 5. The number of carbonyl (C=O) groups excluding carboxylic acids is 2. The minimum absolute atomic E-state index is 0.154. The maximum Gasteiger partial charge on any atom is 0.307 e. The van der Waals surface area contributed by atoms with Gasteiger partial charge in [0.2, 0.25) is 11.8 Å². The zero-order chi connectivity index (χ0) is 16.1. The molecule has 2 rings (SSSR count). The molecule has 0 aromatic heterocycles. The van der Waals surface area contributed by atoms with Crippen LogP contribution < -0.4 is 11.1 Å². The first-order valence-electron chi connectivity index (χ1n) is 7.10. The number of carboxylic acids is 1. The first kappa shape index (κ1) is 16.0. The van der Waals surface area contributed by atoms with E-state index in [2.05, 4.69) is 5.32 Å². The molecule has 0 spiro atoms. The lowest BCUT2D eigenvalue weighted by atomic mass is 9.98. The maximum absolute atomic E-state index is 12.0. The van der Waals surface area contributed by atoms with Crippen molar-refractivity contribution in [1.82, 2.24) is 4.90 Å². The summed E-state index contributed by atoms with van der Waals surface area (Å²) >= 11 is 0. The smallest absolute Gasteiger partial charge is 0.307 e. The maximum atomic E-state index is 12.0. The Balaban J connectivity index is 1.87. The highest BCUT2D eigenvalue weighted by molar-refractivity contribution is 5.95. The van der Waals surface area contributed by atoms with E-state index in [1.165, 1.54) is 0 Å². The monoisotopic (exact) mass is 305 g/mol. The number of carboxylic acid groups (broad SMARTS) is 1. The second kappa shape index (κ2) is 7.04. The van der Waals surface area contributed by atoms with E-state index >= 15 is 0 Å². The van der Waals surface area contributed by atoms with Gasteiger partial charge in [0.05, 0.1) is 12.5 Å². The van der Waals surface area contributed by atoms with E-state index < -0.39 is 17.8 Å². The number of hydrogen-bond donors (Lipinski definition) is 3. The fourth-order valence-corrected chi connectivity index (χ4v) is 2.52. The summed E-state index contributed by atoms with van der Waals surface area (Å²) in [5.41, 5.74) is 6.09. The van der Waals surface area contributed by atoms with Crippen molar-refractivity contribution >= 4 is 23.5 Å². The Morgan fingerprint density at radius 3 is 2.55 bits per heavy atom. The molecule has 2 amide bonds. The number of benzene rings is 1. The molecule has 0 saturated carbocycles. The van der Waals surface area contributed by atoms with Crippen molar-refractivity contribution < 1.29 is 19.5 Å². The molecular weight excluding hydrogens is 286 g/mol. The second-order valence-electron chi connectivity index (χ2n) is 5.40. The highest BCUT2D eigenvalue weighted by Gasteiger charge is 2.26. The van der Waals surface area contributed by atoms with Crippen molar-refractivity contribution in [3.05, 3.63) is 29.8 Å². The van der Waals surface area contributed by atoms with Crippen LogP contribution in [0.15, 0.2) is 24.3 Å². The van der Waals surface area contributed by atoms with Gasteiger partial charge in [-0.2, -0.15) is 0 Å². The van der Waals surface area contributed by atoms with Crippen LogP contribution in [-0.4, -0.2) is 47.4 Å². The average Bonchev–Trinajstić information content (AvgIpc) is 2.47. The number of nitrogens with one attached hydrogen (secondary N) is 1. The summed E-state index contributed by atoms with van der Waals surface area (Å²) in [4.78, 5) is 35.8. The van der Waals surface area contributed by atoms with Crippen LogP contribution in [0.5, 0.6) is 0 Å². The van der Waals surface area contributed by atoms with Crippen molar-refractivity contribution in [1.29, 1.82) is 0 Å². The fourth-order valence-electron chi connectivity index (χ4n) is 2.52. The number of primary amides is 1. The number of amides is 2. The summed E-state index contributed by atoms with van der Waals surface area (Å²) in [5.74, 6) is -1.95. The SMILES string of the molecule is NC(=O)c1ccc(NC(=O)CN2CCCC(C(=O)O)C2)cc1. The van der Waals surface area contributed by atoms with E-state index in [9.17, 15) is 14.4 Å². The third-order valence-electron chi connectivity index (χ3n) is 3.68. The molecule has 1 aliphatic rings. The molecule has 1 unspecified atom stereocenters. The largest absolute Gasteiger partial charge is 0.481 e. The molecule has 1 aromatic rings. The van der Waals surface area contributed by atoms with Gasteiger partial charge in [0, 0.05) is 17.8 Å². The molecule has 7 heteroatoms. The van der Waals surface area contributed by atoms with Gasteiger partial charge < -0.3 is 16.2 Å². The third kappa shape index (κ3) is 4.29. The molecule has 1 heterocycles. The quantitative estimate of drug-likeness (QED) is 0.734. The summed E-state index contributed by atoms with van der Waals surface area (Å²) in [6.07, 6.45) is 1.43. The van der Waals surface area contributed by atoms with Gasteiger partial charge in [-0.25, -0.2) is 0 Å². The molecule has 4 N–H and O–H groups in total. The zero-order valence-electron chi connectivity index (χ0n) is 12.1. The third-order valence-corrected chi connectivity index (χ3v) is 3.68. The van der Waals surface area contributed by atoms with Gasteiger partial charge in [-0.1, -0.05) is 0 Å². The van der Waals surface area contributed by atoms with Crippen LogP contribution in [0.1, 0.15) is 23.2 Å². The minimum atomic E-state index is -0.813. The van der Waals surface area contributed by atoms with Crippen LogP contribution in [0, 0.1) is 5.92 Å². The zero-order valence-corrected chi connectivity index (χ0v) is 12.1. The van der Waals surface area contributed by atoms with Gasteiger partial charge in [0.15, 0.2) is 0 Å². The predicted molar refractivity (Wildman–Crippen MR) is 80.4 cm³/mol. The molecule has 0 aliphatic carbocycles.